The highest BCUT2D eigenvalue weighted by atomic mass is 79.9. The van der Waals surface area contributed by atoms with Gasteiger partial charge < -0.3 is 9.47 Å². The van der Waals surface area contributed by atoms with Gasteiger partial charge in [0.25, 0.3) is 11.1 Å². The topological polar surface area (TPSA) is 55.8 Å². The Labute approximate surface area is 224 Å². The predicted molar refractivity (Wildman–Crippen MR) is 139 cm³/mol. The number of benzene rings is 3. The Morgan fingerprint density at radius 3 is 2.53 bits per heavy atom. The summed E-state index contributed by atoms with van der Waals surface area (Å²) in [5.41, 5.74) is 1.03. The van der Waals surface area contributed by atoms with Gasteiger partial charge in [-0.15, -0.1) is 0 Å². The van der Waals surface area contributed by atoms with Crippen LogP contribution in [0.4, 0.5) is 13.6 Å². The molecule has 0 saturated carbocycles. The van der Waals surface area contributed by atoms with Gasteiger partial charge >= 0.3 is 0 Å². The van der Waals surface area contributed by atoms with Gasteiger partial charge in [0, 0.05) is 16.1 Å². The molecule has 5 nitrogen and oxygen atoms in total. The third-order valence-electron chi connectivity index (χ3n) is 5.21. The average molecular weight is 595 g/mol. The zero-order valence-electron chi connectivity index (χ0n) is 18.9. The average Bonchev–Trinajstić information content (AvgIpc) is 3.09. The fourth-order valence-corrected chi connectivity index (χ4v) is 5.10. The van der Waals surface area contributed by atoms with Crippen molar-refractivity contribution in [2.75, 3.05) is 6.61 Å². The van der Waals surface area contributed by atoms with E-state index >= 15 is 0 Å². The maximum absolute atomic E-state index is 14.2. The largest absolute Gasteiger partial charge is 0.490 e. The number of hydrogen-bond acceptors (Lipinski definition) is 5. The lowest BCUT2D eigenvalue weighted by Gasteiger charge is -2.15. The van der Waals surface area contributed by atoms with Gasteiger partial charge in [-0.2, -0.15) is 0 Å². The maximum atomic E-state index is 14.2. The van der Waals surface area contributed by atoms with E-state index in [0.29, 0.717) is 33.7 Å². The minimum absolute atomic E-state index is 0.0117. The van der Waals surface area contributed by atoms with Gasteiger partial charge in [-0.1, -0.05) is 35.9 Å². The minimum atomic E-state index is -0.596. The molecule has 1 saturated heterocycles. The van der Waals surface area contributed by atoms with Crippen LogP contribution in [0.3, 0.4) is 0 Å². The van der Waals surface area contributed by atoms with Crippen molar-refractivity contribution in [3.8, 4) is 11.5 Å². The Morgan fingerprint density at radius 1 is 1.06 bits per heavy atom. The van der Waals surface area contributed by atoms with Crippen LogP contribution in [0, 0.1) is 11.6 Å². The monoisotopic (exact) mass is 593 g/mol. The number of rotatable bonds is 8. The van der Waals surface area contributed by atoms with Gasteiger partial charge in [0.15, 0.2) is 11.5 Å². The van der Waals surface area contributed by atoms with Crippen LogP contribution in [0.2, 0.25) is 5.02 Å². The summed E-state index contributed by atoms with van der Waals surface area (Å²) in [5.74, 6) is -0.776. The highest BCUT2D eigenvalue weighted by Gasteiger charge is 2.36. The predicted octanol–water partition coefficient (Wildman–Crippen LogP) is 7.59. The normalized spacial score (nSPS) is 14.6. The Bertz CT molecular complexity index is 1350. The van der Waals surface area contributed by atoms with E-state index in [1.807, 2.05) is 0 Å². The number of imide groups is 1. The van der Waals surface area contributed by atoms with E-state index in [-0.39, 0.29) is 34.5 Å². The molecule has 0 N–H and O–H groups in total. The summed E-state index contributed by atoms with van der Waals surface area (Å²) in [7, 11) is 0. The standard InChI is InChI=1S/C26H19BrClF2NO4S/c1-2-34-22-11-15(10-18(27)24(22)35-14-16-6-3-4-8-20(16)29)12-23-25(32)31(26(33)36-23)13-17-19(28)7-5-9-21(17)30/h3-12H,2,13-14H2,1H3/b23-12-. The smallest absolute Gasteiger partial charge is 0.293 e. The fraction of sp³-hybridized carbons (Fsp3) is 0.154. The maximum Gasteiger partial charge on any atom is 0.293 e. The van der Waals surface area contributed by atoms with Crippen molar-refractivity contribution in [1.82, 2.24) is 4.90 Å². The highest BCUT2D eigenvalue weighted by Crippen LogP contribution is 2.40. The number of amides is 2. The number of halogens is 4. The van der Waals surface area contributed by atoms with Crippen molar-refractivity contribution in [1.29, 1.82) is 0 Å². The summed E-state index contributed by atoms with van der Waals surface area (Å²) in [6, 6.07) is 13.8. The van der Waals surface area contributed by atoms with E-state index in [4.69, 9.17) is 21.1 Å². The van der Waals surface area contributed by atoms with Gasteiger partial charge in [0.2, 0.25) is 0 Å². The summed E-state index contributed by atoms with van der Waals surface area (Å²) in [6.07, 6.45) is 1.54. The Balaban J connectivity index is 1.58. The van der Waals surface area contributed by atoms with Gasteiger partial charge in [0.05, 0.1) is 22.5 Å². The molecule has 1 aliphatic rings. The van der Waals surface area contributed by atoms with Crippen molar-refractivity contribution in [2.45, 2.75) is 20.1 Å². The van der Waals surface area contributed by atoms with Crippen LogP contribution in [-0.2, 0) is 17.9 Å². The molecule has 186 valence electrons. The second-order valence-corrected chi connectivity index (χ2v) is 9.87. The van der Waals surface area contributed by atoms with E-state index in [1.165, 1.54) is 24.3 Å². The van der Waals surface area contributed by atoms with Gasteiger partial charge in [-0.05, 0) is 76.6 Å². The van der Waals surface area contributed by atoms with E-state index in [9.17, 15) is 18.4 Å². The second kappa shape index (κ2) is 11.5. The zero-order chi connectivity index (χ0) is 25.8. The van der Waals surface area contributed by atoms with E-state index in [0.717, 1.165) is 16.7 Å². The molecule has 0 aliphatic carbocycles. The molecule has 0 aromatic heterocycles. The lowest BCUT2D eigenvalue weighted by Crippen LogP contribution is -2.28. The molecule has 3 aromatic rings. The first-order valence-electron chi connectivity index (χ1n) is 10.8. The molecular weight excluding hydrogens is 576 g/mol. The van der Waals surface area contributed by atoms with Crippen molar-refractivity contribution in [2.24, 2.45) is 0 Å². The van der Waals surface area contributed by atoms with Crippen molar-refractivity contribution in [3.63, 3.8) is 0 Å². The molecule has 2 amide bonds. The number of hydrogen-bond donors (Lipinski definition) is 0. The van der Waals surface area contributed by atoms with Crippen molar-refractivity contribution < 1.29 is 27.8 Å². The molecule has 0 unspecified atom stereocenters. The third kappa shape index (κ3) is 5.74. The van der Waals surface area contributed by atoms with E-state index in [1.54, 1.807) is 43.3 Å². The molecule has 0 radical (unpaired) electrons. The van der Waals surface area contributed by atoms with Crippen molar-refractivity contribution in [3.05, 3.63) is 97.3 Å². The molecule has 0 atom stereocenters. The summed E-state index contributed by atoms with van der Waals surface area (Å²) in [6.45, 7) is 1.86. The van der Waals surface area contributed by atoms with Gasteiger partial charge in [-0.3, -0.25) is 14.5 Å². The fourth-order valence-electron chi connectivity index (χ4n) is 3.47. The first-order valence-corrected chi connectivity index (χ1v) is 12.8. The lowest BCUT2D eigenvalue weighted by atomic mass is 10.1. The molecule has 1 fully saturated rings. The number of ether oxygens (including phenoxy) is 2. The van der Waals surface area contributed by atoms with Crippen LogP contribution >= 0.6 is 39.3 Å². The summed E-state index contributed by atoms with van der Waals surface area (Å²) >= 11 is 10.3. The summed E-state index contributed by atoms with van der Waals surface area (Å²) < 4.78 is 40.3. The molecule has 0 bridgehead atoms. The Kier molecular flexibility index (Phi) is 8.33. The first-order chi connectivity index (χ1) is 17.3. The number of carbonyl (C=O) groups is 2. The van der Waals surface area contributed by atoms with Crippen LogP contribution in [0.25, 0.3) is 6.08 Å². The van der Waals surface area contributed by atoms with Gasteiger partial charge in [-0.25, -0.2) is 8.78 Å². The number of thioether (sulfide) groups is 1. The van der Waals surface area contributed by atoms with Crippen LogP contribution in [0.15, 0.2) is 64.0 Å². The molecular formula is C26H19BrClF2NO4S. The van der Waals surface area contributed by atoms with E-state index < -0.39 is 17.0 Å². The molecule has 3 aromatic carbocycles. The van der Waals surface area contributed by atoms with Crippen LogP contribution < -0.4 is 9.47 Å². The third-order valence-corrected chi connectivity index (χ3v) is 7.06. The number of nitrogens with zero attached hydrogens (tertiary/aromatic N) is 1. The zero-order valence-corrected chi connectivity index (χ0v) is 22.1. The van der Waals surface area contributed by atoms with Crippen LogP contribution in [0.5, 0.6) is 11.5 Å². The quantitative estimate of drug-likeness (QED) is 0.252. The number of carbonyl (C=O) groups excluding carboxylic acids is 2. The molecule has 0 spiro atoms. The molecule has 1 aliphatic heterocycles. The molecule has 4 rings (SSSR count). The highest BCUT2D eigenvalue weighted by molar-refractivity contribution is 9.10. The van der Waals surface area contributed by atoms with E-state index in [2.05, 4.69) is 15.9 Å². The van der Waals surface area contributed by atoms with Crippen LogP contribution in [-0.4, -0.2) is 22.7 Å². The first kappa shape index (κ1) is 26.2. The lowest BCUT2D eigenvalue weighted by molar-refractivity contribution is -0.123. The molecule has 1 heterocycles. The Morgan fingerprint density at radius 2 is 1.81 bits per heavy atom. The van der Waals surface area contributed by atoms with Crippen LogP contribution in [0.1, 0.15) is 23.6 Å². The molecule has 10 heteroatoms. The SMILES string of the molecule is CCOc1cc(/C=C2\SC(=O)N(Cc3c(F)cccc3Cl)C2=O)cc(Br)c1OCc1ccccc1F. The van der Waals surface area contributed by atoms with Crippen molar-refractivity contribution >= 4 is 56.5 Å². The molecule has 36 heavy (non-hydrogen) atoms. The summed E-state index contributed by atoms with van der Waals surface area (Å²) in [5, 5.41) is -0.395. The summed E-state index contributed by atoms with van der Waals surface area (Å²) in [4.78, 5) is 26.6. The second-order valence-electron chi connectivity index (χ2n) is 7.61. The minimum Gasteiger partial charge on any atom is -0.490 e. The Hall–Kier alpha value is -2.88. The van der Waals surface area contributed by atoms with Gasteiger partial charge in [0.1, 0.15) is 18.2 Å².